The Hall–Kier alpha value is -3.51. The van der Waals surface area contributed by atoms with Crippen LogP contribution in [0.3, 0.4) is 0 Å². The molecule has 8 atom stereocenters. The molecule has 9 nitrogen and oxygen atoms in total. The number of phenolic OH excluding ortho intramolecular Hbond substituents is 1. The number of Topliss-reactive ketones (excluding diaryl/α,β-unsaturated/α-hetero) is 1. The normalized spacial score (nSPS) is 37.1. The molecule has 0 saturated heterocycles. The van der Waals surface area contributed by atoms with Crippen molar-refractivity contribution in [3.8, 4) is 23.1 Å². The molecule has 0 unspecified atom stereocenters. The molecule has 2 bridgehead atoms. The van der Waals surface area contributed by atoms with Gasteiger partial charge in [0.2, 0.25) is 0 Å². The standard InChI is InChI=1S/C31H38N4O5/c1-6-29(4)14-25(30(5)18(2)9-11-31(19(3)28(29)39)12-10-24(37)27(30)31)40-26(38)17-35-16-22(33-34-35)21-13-20(15-32)7-8-23(21)36/h6-8,13,16,18-19,25,27-28,36,39H,1,9-12,14,17H2,2-5H3/t18-,19+,25-,27+,28+,29-,30+,31+/m1/s1. The number of aromatic nitrogens is 3. The van der Waals surface area contributed by atoms with E-state index < -0.39 is 29.0 Å². The second-order valence-electron chi connectivity index (χ2n) is 12.7. The Labute approximate surface area is 234 Å². The third kappa shape index (κ3) is 4.15. The molecule has 3 aliphatic rings. The van der Waals surface area contributed by atoms with E-state index in [1.165, 1.54) is 29.1 Å². The molecule has 0 aliphatic heterocycles. The molecule has 0 spiro atoms. The highest BCUT2D eigenvalue weighted by Gasteiger charge is 2.68. The maximum Gasteiger partial charge on any atom is 0.328 e. The lowest BCUT2D eigenvalue weighted by molar-refractivity contribution is -0.207. The van der Waals surface area contributed by atoms with Crippen molar-refractivity contribution in [2.75, 3.05) is 0 Å². The maximum absolute atomic E-state index is 13.5. The van der Waals surface area contributed by atoms with Crippen LogP contribution < -0.4 is 0 Å². The largest absolute Gasteiger partial charge is 0.507 e. The lowest BCUT2D eigenvalue weighted by Crippen LogP contribution is -2.63. The van der Waals surface area contributed by atoms with Gasteiger partial charge in [-0.2, -0.15) is 5.26 Å². The van der Waals surface area contributed by atoms with E-state index in [-0.39, 0.29) is 41.2 Å². The average molecular weight is 547 g/mol. The molecule has 0 radical (unpaired) electrons. The van der Waals surface area contributed by atoms with E-state index >= 15 is 0 Å². The molecule has 3 saturated carbocycles. The van der Waals surface area contributed by atoms with Gasteiger partial charge in [0.15, 0.2) is 0 Å². The van der Waals surface area contributed by atoms with E-state index in [0.717, 1.165) is 19.3 Å². The van der Waals surface area contributed by atoms with Crippen molar-refractivity contribution in [2.24, 2.45) is 34.0 Å². The molecule has 1 aromatic carbocycles. The number of hydrogen-bond donors (Lipinski definition) is 2. The minimum atomic E-state index is -0.729. The quantitative estimate of drug-likeness (QED) is 0.415. The Bertz CT molecular complexity index is 1400. The summed E-state index contributed by atoms with van der Waals surface area (Å²) in [7, 11) is 0. The highest BCUT2D eigenvalue weighted by molar-refractivity contribution is 5.85. The van der Waals surface area contributed by atoms with Gasteiger partial charge in [0.1, 0.15) is 29.9 Å². The molecule has 212 valence electrons. The van der Waals surface area contributed by atoms with E-state index in [2.05, 4.69) is 37.7 Å². The van der Waals surface area contributed by atoms with Gasteiger partial charge in [-0.15, -0.1) is 11.7 Å². The number of esters is 1. The van der Waals surface area contributed by atoms with Crippen LogP contribution >= 0.6 is 0 Å². The summed E-state index contributed by atoms with van der Waals surface area (Å²) >= 11 is 0. The summed E-state index contributed by atoms with van der Waals surface area (Å²) in [4.78, 5) is 27.0. The molecule has 0 amide bonds. The smallest absolute Gasteiger partial charge is 0.328 e. The van der Waals surface area contributed by atoms with E-state index in [4.69, 9.17) is 4.74 Å². The fraction of sp³-hybridized carbons (Fsp3) is 0.581. The number of aromatic hydroxyl groups is 1. The Morgan fingerprint density at radius 1 is 1.32 bits per heavy atom. The number of nitrogens with zero attached hydrogens (tertiary/aromatic N) is 4. The number of nitriles is 1. The van der Waals surface area contributed by atoms with Gasteiger partial charge in [0.25, 0.3) is 0 Å². The Morgan fingerprint density at radius 3 is 2.77 bits per heavy atom. The molecule has 1 heterocycles. The fourth-order valence-corrected chi connectivity index (χ4v) is 8.14. The predicted octanol–water partition coefficient (Wildman–Crippen LogP) is 4.43. The van der Waals surface area contributed by atoms with Crippen molar-refractivity contribution in [1.29, 1.82) is 5.26 Å². The van der Waals surface area contributed by atoms with E-state index in [9.17, 15) is 25.1 Å². The Kier molecular flexibility index (Phi) is 6.90. The first-order valence-corrected chi connectivity index (χ1v) is 14.1. The van der Waals surface area contributed by atoms with Gasteiger partial charge < -0.3 is 14.9 Å². The van der Waals surface area contributed by atoms with Crippen molar-refractivity contribution in [3.63, 3.8) is 0 Å². The summed E-state index contributed by atoms with van der Waals surface area (Å²) in [6, 6.07) is 6.45. The molecule has 1 aromatic heterocycles. The van der Waals surface area contributed by atoms with Crippen LogP contribution in [0.25, 0.3) is 11.3 Å². The highest BCUT2D eigenvalue weighted by Crippen LogP contribution is 2.68. The zero-order valence-electron chi connectivity index (χ0n) is 23.6. The van der Waals surface area contributed by atoms with Crippen LogP contribution in [-0.4, -0.2) is 49.2 Å². The molecule has 3 fully saturated rings. The first kappa shape index (κ1) is 28.0. The second-order valence-corrected chi connectivity index (χ2v) is 12.7. The SMILES string of the molecule is C=C[C@]1(C)C[C@@H](OC(=O)Cn2cc(-c3cc(C#N)ccc3O)nn2)[C@]2(C)[C@H](C)CC[C@]3(CCC(=O)[C@H]32)[C@@H](C)[C@@H]1O. The summed E-state index contributed by atoms with van der Waals surface area (Å²) in [5, 5.41) is 39.2. The monoisotopic (exact) mass is 546 g/mol. The van der Waals surface area contributed by atoms with Gasteiger partial charge >= 0.3 is 5.97 Å². The molecular weight excluding hydrogens is 508 g/mol. The topological polar surface area (TPSA) is 138 Å². The number of rotatable bonds is 5. The first-order valence-electron chi connectivity index (χ1n) is 14.1. The number of phenols is 1. The molecule has 40 heavy (non-hydrogen) atoms. The Morgan fingerprint density at radius 2 is 2.08 bits per heavy atom. The number of aliphatic hydroxyl groups is 1. The predicted molar refractivity (Wildman–Crippen MR) is 146 cm³/mol. The second kappa shape index (κ2) is 9.84. The van der Waals surface area contributed by atoms with Crippen LogP contribution in [-0.2, 0) is 20.9 Å². The minimum absolute atomic E-state index is 0.0523. The Balaban J connectivity index is 1.46. The molecule has 9 heteroatoms. The number of carbonyl (C=O) groups excluding carboxylic acids is 2. The highest BCUT2D eigenvalue weighted by atomic mass is 16.5. The van der Waals surface area contributed by atoms with Gasteiger partial charge in [-0.05, 0) is 61.1 Å². The third-order valence-electron chi connectivity index (χ3n) is 10.8. The van der Waals surface area contributed by atoms with Gasteiger partial charge in [-0.25, -0.2) is 4.68 Å². The van der Waals surface area contributed by atoms with E-state index in [1.807, 2.05) is 13.0 Å². The van der Waals surface area contributed by atoms with Gasteiger partial charge in [0.05, 0.1) is 23.9 Å². The lowest BCUT2D eigenvalue weighted by atomic mass is 9.44. The van der Waals surface area contributed by atoms with Crippen molar-refractivity contribution in [2.45, 2.75) is 78.6 Å². The number of carbonyl (C=O) groups is 2. The molecule has 2 aromatic rings. The van der Waals surface area contributed by atoms with Gasteiger partial charge in [-0.3, -0.25) is 9.59 Å². The first-order chi connectivity index (χ1) is 18.9. The molecule has 2 N–H and O–H groups in total. The van der Waals surface area contributed by atoms with Crippen molar-refractivity contribution < 1.29 is 24.5 Å². The van der Waals surface area contributed by atoms with Crippen LogP contribution in [0.4, 0.5) is 0 Å². The molecule has 5 rings (SSSR count). The van der Waals surface area contributed by atoms with E-state index in [1.54, 1.807) is 6.08 Å². The van der Waals surface area contributed by atoms with Crippen molar-refractivity contribution in [1.82, 2.24) is 15.0 Å². The van der Waals surface area contributed by atoms with Crippen molar-refractivity contribution in [3.05, 3.63) is 42.6 Å². The lowest BCUT2D eigenvalue weighted by Gasteiger charge is -2.61. The fourth-order valence-electron chi connectivity index (χ4n) is 8.14. The summed E-state index contributed by atoms with van der Waals surface area (Å²) in [6.45, 7) is 12.1. The zero-order valence-corrected chi connectivity index (χ0v) is 23.6. The summed E-state index contributed by atoms with van der Waals surface area (Å²) in [5.41, 5.74) is -0.636. The number of benzene rings is 1. The van der Waals surface area contributed by atoms with Gasteiger partial charge in [0, 0.05) is 28.7 Å². The van der Waals surface area contributed by atoms with Crippen LogP contribution in [0.1, 0.15) is 65.4 Å². The third-order valence-corrected chi connectivity index (χ3v) is 10.8. The minimum Gasteiger partial charge on any atom is -0.507 e. The van der Waals surface area contributed by atoms with Crippen molar-refractivity contribution >= 4 is 11.8 Å². The van der Waals surface area contributed by atoms with Crippen LogP contribution in [0, 0.1) is 45.3 Å². The summed E-state index contributed by atoms with van der Waals surface area (Å²) in [5.74, 6) is -0.634. The zero-order chi connectivity index (χ0) is 29.0. The maximum atomic E-state index is 13.5. The summed E-state index contributed by atoms with van der Waals surface area (Å²) in [6.07, 6.45) is 5.29. The molecule has 3 aliphatic carbocycles. The number of ether oxygens (including phenoxy) is 1. The number of ketones is 1. The van der Waals surface area contributed by atoms with Crippen LogP contribution in [0.15, 0.2) is 37.1 Å². The van der Waals surface area contributed by atoms with Crippen LogP contribution in [0.2, 0.25) is 0 Å². The average Bonchev–Trinajstić information content (AvgIpc) is 3.54. The number of aliphatic hydroxyl groups excluding tert-OH is 1. The number of hydrogen-bond acceptors (Lipinski definition) is 8. The van der Waals surface area contributed by atoms with Gasteiger partial charge in [-0.1, -0.05) is 39.0 Å². The van der Waals surface area contributed by atoms with Crippen LogP contribution in [0.5, 0.6) is 5.75 Å². The molecular formula is C31H38N4O5. The van der Waals surface area contributed by atoms with E-state index in [0.29, 0.717) is 29.7 Å². The summed E-state index contributed by atoms with van der Waals surface area (Å²) < 4.78 is 7.60.